The number of carboxylic acids is 1. The number of aliphatic carboxylic acids is 1. The van der Waals surface area contributed by atoms with Crippen molar-refractivity contribution in [2.24, 2.45) is 0 Å². The molecule has 234 valence electrons. The molecule has 1 aliphatic heterocycles. The van der Waals surface area contributed by atoms with Gasteiger partial charge in [0.05, 0.1) is 18.3 Å². The first-order valence-electron chi connectivity index (χ1n) is 13.0. The number of oxazole rings is 1. The van der Waals surface area contributed by atoms with Crippen molar-refractivity contribution in [1.82, 2.24) is 14.5 Å². The summed E-state index contributed by atoms with van der Waals surface area (Å²) in [5.41, 5.74) is 3.14. The number of benzene rings is 2. The molecular formula is C29H26F6N4O5. The number of anilines is 1. The summed E-state index contributed by atoms with van der Waals surface area (Å²) >= 11 is 0. The Morgan fingerprint density at radius 3 is 2.20 bits per heavy atom. The topological polar surface area (TPSA) is 101 Å². The molecule has 15 heteroatoms. The zero-order valence-corrected chi connectivity index (χ0v) is 23.1. The van der Waals surface area contributed by atoms with Crippen molar-refractivity contribution < 1.29 is 45.4 Å². The van der Waals surface area contributed by atoms with Crippen LogP contribution in [0.25, 0.3) is 22.8 Å². The minimum absolute atomic E-state index is 0.152. The van der Waals surface area contributed by atoms with Crippen molar-refractivity contribution in [3.05, 3.63) is 89.0 Å². The van der Waals surface area contributed by atoms with Gasteiger partial charge in [-0.05, 0) is 55.1 Å². The molecule has 44 heavy (non-hydrogen) atoms. The van der Waals surface area contributed by atoms with Gasteiger partial charge < -0.3 is 28.6 Å². The second kappa shape index (κ2) is 13.2. The molecular weight excluding hydrogens is 598 g/mol. The van der Waals surface area contributed by atoms with Crippen LogP contribution in [-0.4, -0.2) is 71.3 Å². The van der Waals surface area contributed by atoms with E-state index in [1.807, 2.05) is 12.1 Å². The van der Waals surface area contributed by atoms with Crippen molar-refractivity contribution in [3.63, 3.8) is 0 Å². The van der Waals surface area contributed by atoms with Crippen LogP contribution >= 0.6 is 0 Å². The molecule has 3 heterocycles. The van der Waals surface area contributed by atoms with Gasteiger partial charge in [-0.15, -0.1) is 13.2 Å². The molecule has 0 saturated carbocycles. The number of carboxylic acid groups (broad SMARTS) is 1. The molecule has 1 aliphatic rings. The number of rotatable bonds is 6. The first-order valence-corrected chi connectivity index (χ1v) is 13.0. The average Bonchev–Trinajstić information content (AvgIpc) is 3.45. The first-order chi connectivity index (χ1) is 20.7. The second-order valence-corrected chi connectivity index (χ2v) is 9.75. The van der Waals surface area contributed by atoms with Crippen molar-refractivity contribution in [2.75, 3.05) is 38.1 Å². The molecule has 0 radical (unpaired) electrons. The highest BCUT2D eigenvalue weighted by Gasteiger charge is 2.38. The van der Waals surface area contributed by atoms with Gasteiger partial charge in [-0.1, -0.05) is 12.1 Å². The van der Waals surface area contributed by atoms with Crippen molar-refractivity contribution in [3.8, 4) is 28.5 Å². The standard InChI is InChI=1S/C27H25F3N4O3.C2HF3O2/c1-32-11-13-33(14-12-32)22-4-2-3-19(15-22)17-34-18-21(7-10-25(34)35)26-31-16-24(36-26)20-5-8-23(9-6-20)37-27(28,29)30;3-2(4,5)1(6)7/h2-10,15-16,18H,11-14,17H2,1H3;(H,6,7). The van der Waals surface area contributed by atoms with Crippen LogP contribution in [0.3, 0.4) is 0 Å². The fourth-order valence-electron chi connectivity index (χ4n) is 4.26. The third kappa shape index (κ3) is 8.86. The summed E-state index contributed by atoms with van der Waals surface area (Å²) < 4.78 is 80.3. The molecule has 0 amide bonds. The number of hydrogen-bond donors (Lipinski definition) is 1. The molecule has 4 aromatic rings. The third-order valence-electron chi connectivity index (χ3n) is 6.48. The van der Waals surface area contributed by atoms with E-state index in [4.69, 9.17) is 14.3 Å². The van der Waals surface area contributed by atoms with Gasteiger partial charge >= 0.3 is 18.5 Å². The van der Waals surface area contributed by atoms with Crippen LogP contribution in [0.15, 0.2) is 82.3 Å². The number of pyridine rings is 1. The lowest BCUT2D eigenvalue weighted by atomic mass is 10.1. The summed E-state index contributed by atoms with van der Waals surface area (Å²) in [7, 11) is 2.12. The van der Waals surface area contributed by atoms with Crippen molar-refractivity contribution in [2.45, 2.75) is 19.1 Å². The summed E-state index contributed by atoms with van der Waals surface area (Å²) in [5, 5.41) is 7.12. The summed E-state index contributed by atoms with van der Waals surface area (Å²) in [6.45, 7) is 4.33. The maximum absolute atomic E-state index is 12.6. The molecule has 0 unspecified atom stereocenters. The summed E-state index contributed by atoms with van der Waals surface area (Å²) in [6, 6.07) is 16.6. The normalized spacial score (nSPS) is 14.1. The Kier molecular flexibility index (Phi) is 9.67. The van der Waals surface area contributed by atoms with Crippen molar-refractivity contribution >= 4 is 11.7 Å². The van der Waals surface area contributed by atoms with Crippen LogP contribution in [0, 0.1) is 0 Å². The summed E-state index contributed by atoms with van der Waals surface area (Å²) in [4.78, 5) is 30.4. The number of nitrogens with zero attached hydrogens (tertiary/aromatic N) is 4. The summed E-state index contributed by atoms with van der Waals surface area (Å²) in [5.74, 6) is -2.40. The van der Waals surface area contributed by atoms with E-state index in [0.29, 0.717) is 29.3 Å². The van der Waals surface area contributed by atoms with E-state index in [0.717, 1.165) is 37.4 Å². The highest BCUT2D eigenvalue weighted by molar-refractivity contribution is 5.73. The third-order valence-corrected chi connectivity index (χ3v) is 6.48. The predicted molar refractivity (Wildman–Crippen MR) is 147 cm³/mol. The van der Waals surface area contributed by atoms with Gasteiger partial charge in [0, 0.05) is 49.7 Å². The Labute approximate surface area is 246 Å². The smallest absolute Gasteiger partial charge is 0.475 e. The van der Waals surface area contributed by atoms with E-state index >= 15 is 0 Å². The van der Waals surface area contributed by atoms with E-state index < -0.39 is 18.5 Å². The van der Waals surface area contributed by atoms with Gasteiger partial charge in [0.2, 0.25) is 5.89 Å². The van der Waals surface area contributed by atoms with Crippen LogP contribution in [0.2, 0.25) is 0 Å². The van der Waals surface area contributed by atoms with E-state index in [-0.39, 0.29) is 11.3 Å². The highest BCUT2D eigenvalue weighted by atomic mass is 19.4. The van der Waals surface area contributed by atoms with Crippen LogP contribution in [0.5, 0.6) is 5.75 Å². The van der Waals surface area contributed by atoms with Gasteiger partial charge in [-0.2, -0.15) is 13.2 Å². The number of piperazine rings is 1. The van der Waals surface area contributed by atoms with E-state index in [1.165, 1.54) is 36.5 Å². The monoisotopic (exact) mass is 624 g/mol. The van der Waals surface area contributed by atoms with Gasteiger partial charge in [-0.25, -0.2) is 9.78 Å². The van der Waals surface area contributed by atoms with Gasteiger partial charge in [-0.3, -0.25) is 4.79 Å². The number of aromatic nitrogens is 2. The maximum atomic E-state index is 12.6. The molecule has 1 N–H and O–H groups in total. The zero-order valence-electron chi connectivity index (χ0n) is 23.1. The van der Waals surface area contributed by atoms with Gasteiger partial charge in [0.15, 0.2) is 5.76 Å². The van der Waals surface area contributed by atoms with Gasteiger partial charge in [0.1, 0.15) is 5.75 Å². The number of halogens is 6. The average molecular weight is 625 g/mol. The number of carbonyl (C=O) groups is 1. The molecule has 2 aromatic heterocycles. The molecule has 5 rings (SSSR count). The molecule has 1 fully saturated rings. The SMILES string of the molecule is CN1CCN(c2cccc(Cn3cc(-c4ncc(-c5ccc(OC(F)(F)F)cc5)o4)ccc3=O)c2)CC1.O=C(O)C(F)(F)F. The lowest BCUT2D eigenvalue weighted by Crippen LogP contribution is -2.44. The molecule has 2 aromatic carbocycles. The number of hydrogen-bond acceptors (Lipinski definition) is 7. The van der Waals surface area contributed by atoms with Crippen LogP contribution in [-0.2, 0) is 11.3 Å². The van der Waals surface area contributed by atoms with Crippen molar-refractivity contribution in [1.29, 1.82) is 0 Å². The Morgan fingerprint density at radius 1 is 0.955 bits per heavy atom. The Morgan fingerprint density at radius 2 is 1.59 bits per heavy atom. The largest absolute Gasteiger partial charge is 0.573 e. The Bertz CT molecular complexity index is 1620. The minimum atomic E-state index is -5.08. The molecule has 1 saturated heterocycles. The zero-order chi connectivity index (χ0) is 32.1. The van der Waals surface area contributed by atoms with Crippen LogP contribution in [0.4, 0.5) is 32.0 Å². The maximum Gasteiger partial charge on any atom is 0.573 e. The van der Waals surface area contributed by atoms with Crippen LogP contribution < -0.4 is 15.2 Å². The fourth-order valence-corrected chi connectivity index (χ4v) is 4.26. The van der Waals surface area contributed by atoms with E-state index in [9.17, 15) is 31.1 Å². The predicted octanol–water partition coefficient (Wildman–Crippen LogP) is 5.50. The van der Waals surface area contributed by atoms with E-state index in [2.05, 4.69) is 38.7 Å². The van der Waals surface area contributed by atoms with Gasteiger partial charge in [0.25, 0.3) is 5.56 Å². The highest BCUT2D eigenvalue weighted by Crippen LogP contribution is 2.29. The summed E-state index contributed by atoms with van der Waals surface area (Å²) in [6.07, 6.45) is -6.65. The Balaban J connectivity index is 0.000000566. The molecule has 0 bridgehead atoms. The van der Waals surface area contributed by atoms with E-state index in [1.54, 1.807) is 16.8 Å². The second-order valence-electron chi connectivity index (χ2n) is 9.75. The molecule has 0 spiro atoms. The quantitative estimate of drug-likeness (QED) is 0.281. The molecule has 0 aliphatic carbocycles. The fraction of sp³-hybridized carbons (Fsp3) is 0.276. The molecule has 0 atom stereocenters. The number of alkyl halides is 6. The minimum Gasteiger partial charge on any atom is -0.475 e. The van der Waals surface area contributed by atoms with Crippen LogP contribution in [0.1, 0.15) is 5.56 Å². The lowest BCUT2D eigenvalue weighted by Gasteiger charge is -2.34. The number of ether oxygens (including phenoxy) is 1. The lowest BCUT2D eigenvalue weighted by molar-refractivity contribution is -0.274. The molecule has 9 nitrogen and oxygen atoms in total. The Hall–Kier alpha value is -4.79. The number of likely N-dealkylation sites (N-methyl/N-ethyl adjacent to an activating group) is 1. The first kappa shape index (κ1) is 32.1.